The van der Waals surface area contributed by atoms with Crippen LogP contribution in [0.25, 0.3) is 0 Å². The largest absolute Gasteiger partial charge is 0.444 e. The van der Waals surface area contributed by atoms with E-state index < -0.39 is 5.60 Å². The highest BCUT2D eigenvalue weighted by Gasteiger charge is 2.30. The number of hydrogen-bond donors (Lipinski definition) is 0. The van der Waals surface area contributed by atoms with Crippen molar-refractivity contribution in [2.45, 2.75) is 53.3 Å². The second-order valence-electron chi connectivity index (χ2n) is 6.12. The van der Waals surface area contributed by atoms with Gasteiger partial charge in [-0.3, -0.25) is 14.7 Å². The third-order valence-corrected chi connectivity index (χ3v) is 3.36. The van der Waals surface area contributed by atoms with Gasteiger partial charge in [-0.1, -0.05) is 0 Å². The van der Waals surface area contributed by atoms with E-state index in [2.05, 4.69) is 4.98 Å². The van der Waals surface area contributed by atoms with Gasteiger partial charge in [0, 0.05) is 11.3 Å². The van der Waals surface area contributed by atoms with Gasteiger partial charge in [0.1, 0.15) is 5.60 Å². The summed E-state index contributed by atoms with van der Waals surface area (Å²) in [5, 5.41) is 0. The first-order valence-electron chi connectivity index (χ1n) is 6.65. The highest BCUT2D eigenvalue weighted by atomic mass is 16.6. The molecule has 0 atom stereocenters. The van der Waals surface area contributed by atoms with Crippen molar-refractivity contribution in [3.63, 3.8) is 0 Å². The van der Waals surface area contributed by atoms with E-state index in [1.165, 1.54) is 0 Å². The average molecular weight is 276 g/mol. The lowest BCUT2D eigenvalue weighted by atomic mass is 10.0. The summed E-state index contributed by atoms with van der Waals surface area (Å²) in [5.74, 6) is 0. The zero-order valence-corrected chi connectivity index (χ0v) is 12.6. The van der Waals surface area contributed by atoms with Crippen molar-refractivity contribution < 1.29 is 14.3 Å². The fourth-order valence-electron chi connectivity index (χ4n) is 2.38. The van der Waals surface area contributed by atoms with Crippen LogP contribution in [0.15, 0.2) is 0 Å². The lowest BCUT2D eigenvalue weighted by Crippen LogP contribution is -2.33. The molecule has 1 aromatic heterocycles. The van der Waals surface area contributed by atoms with Crippen LogP contribution in [0.5, 0.6) is 0 Å². The molecule has 0 saturated heterocycles. The van der Waals surface area contributed by atoms with Crippen LogP contribution in [-0.4, -0.2) is 27.9 Å². The van der Waals surface area contributed by atoms with E-state index in [1.54, 1.807) is 4.90 Å². The van der Waals surface area contributed by atoms with E-state index in [0.29, 0.717) is 24.3 Å². The van der Waals surface area contributed by atoms with E-state index in [-0.39, 0.29) is 6.09 Å². The zero-order valence-electron chi connectivity index (χ0n) is 12.6. The summed E-state index contributed by atoms with van der Waals surface area (Å²) in [6.45, 7) is 10.1. The Morgan fingerprint density at radius 1 is 1.30 bits per heavy atom. The summed E-state index contributed by atoms with van der Waals surface area (Å²) in [6, 6.07) is 0. The van der Waals surface area contributed by atoms with Gasteiger partial charge in [0.15, 0.2) is 6.29 Å². The number of rotatable bonds is 1. The van der Waals surface area contributed by atoms with Crippen molar-refractivity contribution in [3.05, 3.63) is 28.1 Å². The molecule has 0 N–H and O–H groups in total. The number of aromatic nitrogens is 1. The van der Waals surface area contributed by atoms with E-state index in [1.807, 2.05) is 34.6 Å². The third-order valence-electron chi connectivity index (χ3n) is 3.36. The van der Waals surface area contributed by atoms with Crippen molar-refractivity contribution in [2.75, 3.05) is 0 Å². The minimum Gasteiger partial charge on any atom is -0.444 e. The molecule has 1 amide bonds. The number of ether oxygens (including phenoxy) is 1. The second kappa shape index (κ2) is 4.89. The molecule has 1 aliphatic rings. The molecule has 108 valence electrons. The van der Waals surface area contributed by atoms with Gasteiger partial charge < -0.3 is 4.74 Å². The summed E-state index contributed by atoms with van der Waals surface area (Å²) in [4.78, 5) is 29.2. The Bertz CT molecular complexity index is 573. The van der Waals surface area contributed by atoms with Crippen molar-refractivity contribution in [1.29, 1.82) is 0 Å². The molecule has 0 spiro atoms. The number of fused-ring (bicyclic) bond motifs is 1. The molecule has 2 heterocycles. The molecule has 0 bridgehead atoms. The maximum atomic E-state index is 12.1. The molecule has 0 saturated carbocycles. The fraction of sp³-hybridized carbons (Fsp3) is 0.533. The van der Waals surface area contributed by atoms with Crippen LogP contribution in [-0.2, 0) is 17.8 Å². The Morgan fingerprint density at radius 3 is 2.50 bits per heavy atom. The number of pyridine rings is 1. The van der Waals surface area contributed by atoms with Gasteiger partial charge in [-0.05, 0) is 45.7 Å². The Kier molecular flexibility index (Phi) is 3.54. The quantitative estimate of drug-likeness (QED) is 0.740. The summed E-state index contributed by atoms with van der Waals surface area (Å²) < 4.78 is 5.37. The lowest BCUT2D eigenvalue weighted by molar-refractivity contribution is 0.0240. The van der Waals surface area contributed by atoms with Gasteiger partial charge in [-0.2, -0.15) is 0 Å². The Balaban J connectivity index is 2.26. The lowest BCUT2D eigenvalue weighted by Gasteiger charge is -2.24. The number of carbonyl (C=O) groups is 2. The van der Waals surface area contributed by atoms with Gasteiger partial charge in [-0.25, -0.2) is 4.79 Å². The van der Waals surface area contributed by atoms with Crippen LogP contribution in [0.4, 0.5) is 4.79 Å². The summed E-state index contributed by atoms with van der Waals surface area (Å²) in [6.07, 6.45) is 0.480. The van der Waals surface area contributed by atoms with Crippen LogP contribution >= 0.6 is 0 Å². The summed E-state index contributed by atoms with van der Waals surface area (Å²) in [5.41, 5.74) is 3.55. The maximum Gasteiger partial charge on any atom is 0.410 e. The van der Waals surface area contributed by atoms with E-state index in [9.17, 15) is 9.59 Å². The Hall–Kier alpha value is -1.91. The monoisotopic (exact) mass is 276 g/mol. The van der Waals surface area contributed by atoms with Gasteiger partial charge in [0.25, 0.3) is 0 Å². The number of amides is 1. The molecule has 1 aromatic rings. The molecule has 0 aliphatic carbocycles. The summed E-state index contributed by atoms with van der Waals surface area (Å²) in [7, 11) is 0. The van der Waals surface area contributed by atoms with E-state index in [0.717, 1.165) is 23.1 Å². The standard InChI is InChI=1S/C15H20N2O3/c1-9-11-6-17(14(19)20-15(3,4)5)7-13(11)16-10(2)12(9)8-18/h8H,6-7H2,1-5H3. The van der Waals surface area contributed by atoms with Crippen LogP contribution < -0.4 is 0 Å². The van der Waals surface area contributed by atoms with Gasteiger partial charge >= 0.3 is 6.09 Å². The number of hydrogen-bond acceptors (Lipinski definition) is 4. The number of aldehydes is 1. The van der Waals surface area contributed by atoms with Crippen molar-refractivity contribution in [1.82, 2.24) is 9.88 Å². The molecule has 0 fully saturated rings. The first-order chi connectivity index (χ1) is 9.23. The van der Waals surface area contributed by atoms with Crippen LogP contribution in [0.1, 0.15) is 53.6 Å². The molecule has 1 aliphatic heterocycles. The number of nitrogens with zero attached hydrogens (tertiary/aromatic N) is 2. The smallest absolute Gasteiger partial charge is 0.410 e. The fourth-order valence-corrected chi connectivity index (χ4v) is 2.38. The van der Waals surface area contributed by atoms with Crippen molar-refractivity contribution in [3.8, 4) is 0 Å². The predicted octanol–water partition coefficient (Wildman–Crippen LogP) is 2.76. The predicted molar refractivity (Wildman–Crippen MR) is 74.6 cm³/mol. The van der Waals surface area contributed by atoms with Crippen molar-refractivity contribution in [2.24, 2.45) is 0 Å². The van der Waals surface area contributed by atoms with Crippen LogP contribution in [0.3, 0.4) is 0 Å². The Morgan fingerprint density at radius 2 is 1.95 bits per heavy atom. The number of aryl methyl sites for hydroxylation is 1. The SMILES string of the molecule is Cc1nc2c(c(C)c1C=O)CN(C(=O)OC(C)(C)C)C2. The molecule has 2 rings (SSSR count). The van der Waals surface area contributed by atoms with E-state index in [4.69, 9.17) is 4.74 Å². The van der Waals surface area contributed by atoms with E-state index >= 15 is 0 Å². The first-order valence-corrected chi connectivity index (χ1v) is 6.65. The molecule has 0 radical (unpaired) electrons. The van der Waals surface area contributed by atoms with Gasteiger partial charge in [0.2, 0.25) is 0 Å². The third kappa shape index (κ3) is 2.66. The summed E-state index contributed by atoms with van der Waals surface area (Å²) >= 11 is 0. The minimum atomic E-state index is -0.516. The number of carbonyl (C=O) groups excluding carboxylic acids is 2. The minimum absolute atomic E-state index is 0.347. The first kappa shape index (κ1) is 14.5. The molecule has 5 heteroatoms. The van der Waals surface area contributed by atoms with Crippen LogP contribution in [0.2, 0.25) is 0 Å². The topological polar surface area (TPSA) is 59.5 Å². The van der Waals surface area contributed by atoms with Crippen molar-refractivity contribution >= 4 is 12.4 Å². The average Bonchev–Trinajstić information content (AvgIpc) is 2.71. The maximum absolute atomic E-state index is 12.1. The molecule has 5 nitrogen and oxygen atoms in total. The zero-order chi connectivity index (χ0) is 15.1. The molecule has 20 heavy (non-hydrogen) atoms. The molecule has 0 aromatic carbocycles. The second-order valence-corrected chi connectivity index (χ2v) is 6.12. The Labute approximate surface area is 118 Å². The molecular formula is C15H20N2O3. The van der Waals surface area contributed by atoms with Gasteiger partial charge in [0.05, 0.1) is 18.8 Å². The highest BCUT2D eigenvalue weighted by molar-refractivity contribution is 5.80. The van der Waals surface area contributed by atoms with Gasteiger partial charge in [-0.15, -0.1) is 0 Å². The highest BCUT2D eigenvalue weighted by Crippen LogP contribution is 2.28. The molecular weight excluding hydrogens is 256 g/mol. The normalized spacial score (nSPS) is 14.2. The van der Waals surface area contributed by atoms with Crippen LogP contribution in [0, 0.1) is 13.8 Å². The molecule has 0 unspecified atom stereocenters.